The molecule has 3 aliphatic carbocycles. The lowest BCUT2D eigenvalue weighted by molar-refractivity contribution is -0.190. The van der Waals surface area contributed by atoms with Gasteiger partial charge in [-0.25, -0.2) is 4.98 Å². The molecule has 1 amide bonds. The number of primary amides is 1. The van der Waals surface area contributed by atoms with Crippen LogP contribution >= 0.6 is 0 Å². The van der Waals surface area contributed by atoms with Crippen LogP contribution in [0.15, 0.2) is 18.3 Å². The second-order valence-electron chi connectivity index (χ2n) is 10.7. The van der Waals surface area contributed by atoms with Crippen LogP contribution in [0.3, 0.4) is 0 Å². The van der Waals surface area contributed by atoms with Crippen molar-refractivity contribution in [2.24, 2.45) is 29.4 Å². The van der Waals surface area contributed by atoms with Gasteiger partial charge in [-0.1, -0.05) is 6.07 Å². The highest BCUT2D eigenvalue weighted by Gasteiger charge is 2.69. The second-order valence-corrected chi connectivity index (χ2v) is 10.7. The number of methoxy groups -OCH3 is 2. The number of carbonyl (C=O) groups excluding carboxylic acids is 4. The maximum absolute atomic E-state index is 13.9. The molecule has 0 radical (unpaired) electrons. The van der Waals surface area contributed by atoms with Crippen molar-refractivity contribution in [3.8, 4) is 28.8 Å². The Labute approximate surface area is 228 Å². The smallest absolute Gasteiger partial charge is 0.319 e. The Bertz CT molecular complexity index is 1440. The van der Waals surface area contributed by atoms with E-state index in [1.54, 1.807) is 20.2 Å². The lowest BCUT2D eigenvalue weighted by Crippen LogP contribution is -2.75. The number of carbonyl (C=O) groups is 4. The van der Waals surface area contributed by atoms with E-state index in [1.165, 1.54) is 31.4 Å². The van der Waals surface area contributed by atoms with Crippen LogP contribution in [0.2, 0.25) is 0 Å². The zero-order valence-electron chi connectivity index (χ0n) is 22.3. The minimum Gasteiger partial charge on any atom is -0.507 e. The number of likely N-dealkylation sites (N-methyl/N-ethyl adjacent to an activating group) is 1. The number of Topliss-reactive ketones (excluding diaryl/α,β-unsaturated/α-hetero) is 3. The van der Waals surface area contributed by atoms with Gasteiger partial charge in [0.2, 0.25) is 11.8 Å². The third-order valence-corrected chi connectivity index (χ3v) is 8.57. The molecule has 0 bridgehead atoms. The average molecular weight is 555 g/mol. The van der Waals surface area contributed by atoms with Crippen molar-refractivity contribution in [2.45, 2.75) is 30.6 Å². The van der Waals surface area contributed by atoms with Gasteiger partial charge in [0.15, 0.2) is 23.0 Å². The van der Waals surface area contributed by atoms with Gasteiger partial charge in [0.25, 0.3) is 0 Å². The van der Waals surface area contributed by atoms with Gasteiger partial charge in [0, 0.05) is 18.2 Å². The molecule has 1 heterocycles. The van der Waals surface area contributed by atoms with Gasteiger partial charge < -0.3 is 35.4 Å². The minimum absolute atomic E-state index is 0.000554. The highest BCUT2D eigenvalue weighted by Crippen LogP contribution is 2.52. The molecule has 1 aromatic heterocycles. The number of ether oxygens (including phenoxy) is 2. The fourth-order valence-corrected chi connectivity index (χ4v) is 6.86. The summed E-state index contributed by atoms with van der Waals surface area (Å²) in [5, 5.41) is 33.4. The summed E-state index contributed by atoms with van der Waals surface area (Å²) < 4.78 is 10.5. The molecule has 13 heteroatoms. The lowest BCUT2D eigenvalue weighted by Gasteiger charge is -2.54. The number of rotatable bonds is 5. The number of hydrogen-bond acceptors (Lipinski definition) is 12. The van der Waals surface area contributed by atoms with Crippen molar-refractivity contribution in [1.29, 1.82) is 0 Å². The molecular formula is C27H30N4O9. The van der Waals surface area contributed by atoms with Gasteiger partial charge in [-0.05, 0) is 50.0 Å². The van der Waals surface area contributed by atoms with Crippen LogP contribution in [-0.2, 0) is 20.8 Å². The summed E-state index contributed by atoms with van der Waals surface area (Å²) in [4.78, 5) is 63.3. The Kier molecular flexibility index (Phi) is 6.63. The predicted molar refractivity (Wildman–Crippen MR) is 136 cm³/mol. The number of amides is 1. The number of aliphatic hydroxyl groups excluding tert-OH is 1. The summed E-state index contributed by atoms with van der Waals surface area (Å²) in [6.45, 7) is 0. The van der Waals surface area contributed by atoms with Gasteiger partial charge in [0.05, 0.1) is 37.4 Å². The molecule has 2 aromatic rings. The van der Waals surface area contributed by atoms with Gasteiger partial charge in [0.1, 0.15) is 11.7 Å². The predicted octanol–water partition coefficient (Wildman–Crippen LogP) is -0.867. The fraction of sp³-hybridized carbons (Fsp3) is 0.481. The molecule has 1 aromatic carbocycles. The van der Waals surface area contributed by atoms with Crippen LogP contribution < -0.4 is 15.2 Å². The quantitative estimate of drug-likeness (QED) is 0.333. The largest absolute Gasteiger partial charge is 0.507 e. The first kappa shape index (κ1) is 27.6. The van der Waals surface area contributed by atoms with E-state index in [0.717, 1.165) is 0 Å². The van der Waals surface area contributed by atoms with Crippen molar-refractivity contribution in [3.05, 3.63) is 29.5 Å². The molecule has 3 unspecified atom stereocenters. The molecular weight excluding hydrogens is 524 g/mol. The Hall–Kier alpha value is -3.94. The summed E-state index contributed by atoms with van der Waals surface area (Å²) in [7, 11) is 5.99. The van der Waals surface area contributed by atoms with Crippen LogP contribution in [0.4, 0.5) is 0 Å². The van der Waals surface area contributed by atoms with E-state index in [9.17, 15) is 34.5 Å². The molecule has 2 saturated carbocycles. The number of nitrogens with zero attached hydrogens (tertiary/aromatic N) is 3. The van der Waals surface area contributed by atoms with Crippen molar-refractivity contribution in [1.82, 2.24) is 14.9 Å². The zero-order chi connectivity index (χ0) is 29.3. The second kappa shape index (κ2) is 9.61. The third-order valence-electron chi connectivity index (χ3n) is 8.57. The normalized spacial score (nSPS) is 31.3. The van der Waals surface area contributed by atoms with E-state index in [-0.39, 0.29) is 36.0 Å². The maximum atomic E-state index is 13.9. The maximum Gasteiger partial charge on any atom is 0.319 e. The zero-order valence-corrected chi connectivity index (χ0v) is 22.3. The fourth-order valence-electron chi connectivity index (χ4n) is 6.86. The number of nitrogens with two attached hydrogens (primary N) is 1. The topological polar surface area (TPSA) is 202 Å². The molecule has 0 spiro atoms. The molecule has 40 heavy (non-hydrogen) atoms. The van der Waals surface area contributed by atoms with E-state index < -0.39 is 64.7 Å². The van der Waals surface area contributed by atoms with Crippen LogP contribution in [-0.4, -0.2) is 99.5 Å². The Balaban J connectivity index is 1.66. The van der Waals surface area contributed by atoms with Crippen molar-refractivity contribution >= 4 is 23.3 Å². The minimum atomic E-state index is -2.72. The first-order valence-corrected chi connectivity index (χ1v) is 12.7. The summed E-state index contributed by atoms with van der Waals surface area (Å²) in [6.07, 6.45) is 0.00943. The van der Waals surface area contributed by atoms with Crippen LogP contribution in [0, 0.1) is 23.7 Å². The Morgan fingerprint density at radius 1 is 1.12 bits per heavy atom. The van der Waals surface area contributed by atoms with Crippen molar-refractivity contribution in [3.63, 3.8) is 0 Å². The SMILES string of the molecule is COc1ncc(-c2ccc(O)c3c2C[C@@H]2C[C@@H]4[C@@H](N(C)C)C(O)C(C(N)=O)C(=O)[C@]4(O)C(=O)C2C3=O)c(OC)n1. The number of ketones is 3. The van der Waals surface area contributed by atoms with Crippen LogP contribution in [0.5, 0.6) is 17.6 Å². The van der Waals surface area contributed by atoms with Gasteiger partial charge in [-0.3, -0.25) is 19.2 Å². The molecule has 212 valence electrons. The highest BCUT2D eigenvalue weighted by atomic mass is 16.5. The third kappa shape index (κ3) is 3.72. The standard InChI is InChI=1S/C27H30N4O9/c1-31(2)19-14-8-10-7-12-11(13-9-29-26(40-4)30-25(13)39-3)5-6-15(32)17(12)20(33)16(10)22(35)27(14,38)23(36)18(21(19)34)24(28)37/h5-6,9-10,14,16,18-19,21,32,34,38H,7-8H2,1-4H3,(H2,28,37)/t10-,14-,16?,18?,19-,21?,27-/m1/s1. The van der Waals surface area contributed by atoms with E-state index in [2.05, 4.69) is 9.97 Å². The molecule has 5 rings (SSSR count). The van der Waals surface area contributed by atoms with Crippen molar-refractivity contribution in [2.75, 3.05) is 28.3 Å². The molecule has 0 aliphatic heterocycles. The summed E-state index contributed by atoms with van der Waals surface area (Å²) in [5.41, 5.74) is 3.90. The van der Waals surface area contributed by atoms with E-state index >= 15 is 0 Å². The molecule has 0 saturated heterocycles. The van der Waals surface area contributed by atoms with Crippen molar-refractivity contribution < 1.29 is 44.0 Å². The van der Waals surface area contributed by atoms with Gasteiger partial charge >= 0.3 is 6.01 Å². The van der Waals surface area contributed by atoms with E-state index in [4.69, 9.17) is 15.2 Å². The highest BCUT2D eigenvalue weighted by molar-refractivity contribution is 6.25. The Morgan fingerprint density at radius 2 is 1.82 bits per heavy atom. The number of phenols is 1. The van der Waals surface area contributed by atoms with Gasteiger partial charge in [-0.2, -0.15) is 4.98 Å². The number of aliphatic hydroxyl groups is 2. The molecule has 7 atom stereocenters. The lowest BCUT2D eigenvalue weighted by atomic mass is 9.52. The first-order chi connectivity index (χ1) is 18.9. The molecule has 5 N–H and O–H groups in total. The van der Waals surface area contributed by atoms with Gasteiger partial charge in [-0.15, -0.1) is 0 Å². The number of fused-ring (bicyclic) bond motifs is 3. The molecule has 13 nitrogen and oxygen atoms in total. The van der Waals surface area contributed by atoms with Crippen LogP contribution in [0.1, 0.15) is 22.3 Å². The number of hydrogen-bond donors (Lipinski definition) is 4. The summed E-state index contributed by atoms with van der Waals surface area (Å²) in [5.74, 6) is -9.51. The number of benzene rings is 1. The average Bonchev–Trinajstić information content (AvgIpc) is 2.90. The first-order valence-electron chi connectivity index (χ1n) is 12.7. The van der Waals surface area contributed by atoms with E-state index in [1.807, 2.05) is 0 Å². The number of aromatic nitrogens is 2. The molecule has 2 fully saturated rings. The summed E-state index contributed by atoms with van der Waals surface area (Å²) >= 11 is 0. The van der Waals surface area contributed by atoms with E-state index in [0.29, 0.717) is 16.7 Å². The number of aromatic hydroxyl groups is 1. The monoisotopic (exact) mass is 554 g/mol. The molecule has 3 aliphatic rings. The van der Waals surface area contributed by atoms with Crippen LogP contribution in [0.25, 0.3) is 11.1 Å². The summed E-state index contributed by atoms with van der Waals surface area (Å²) in [6, 6.07) is 1.96. The Morgan fingerprint density at radius 3 is 2.42 bits per heavy atom. The number of phenolic OH excluding ortho intramolecular Hbond substituents is 1.